The van der Waals surface area contributed by atoms with E-state index in [9.17, 15) is 4.79 Å². The third-order valence-electron chi connectivity index (χ3n) is 6.62. The van der Waals surface area contributed by atoms with Crippen LogP contribution in [0.4, 0.5) is 0 Å². The number of carbonyl (C=O) groups excluding carboxylic acids is 1. The monoisotopic (exact) mass is 326 g/mol. The van der Waals surface area contributed by atoms with Crippen LogP contribution in [0, 0.1) is 16.7 Å². The first kappa shape index (κ1) is 15.6. The maximum absolute atomic E-state index is 12.9. The van der Waals surface area contributed by atoms with Crippen LogP contribution in [0.1, 0.15) is 50.5 Å². The molecule has 2 N–H and O–H groups in total. The lowest BCUT2D eigenvalue weighted by atomic mass is 9.68. The molecule has 2 aromatic rings. The van der Waals surface area contributed by atoms with Gasteiger partial charge in [0.25, 0.3) is 5.91 Å². The number of methoxy groups -OCH3 is 1. The van der Waals surface area contributed by atoms with Gasteiger partial charge in [0, 0.05) is 23.0 Å². The van der Waals surface area contributed by atoms with Gasteiger partial charge in [0.1, 0.15) is 11.4 Å². The van der Waals surface area contributed by atoms with Crippen molar-refractivity contribution in [2.45, 2.75) is 46.1 Å². The fourth-order valence-electron chi connectivity index (χ4n) is 5.23. The number of hydrogen-bond acceptors (Lipinski definition) is 2. The predicted molar refractivity (Wildman–Crippen MR) is 95.3 cm³/mol. The van der Waals surface area contributed by atoms with Gasteiger partial charge in [-0.2, -0.15) is 0 Å². The number of nitrogens with one attached hydrogen (secondary N) is 2. The average molecular weight is 326 g/mol. The molecular formula is C20H26N2O2. The van der Waals surface area contributed by atoms with Gasteiger partial charge in [-0.05, 0) is 54.2 Å². The van der Waals surface area contributed by atoms with E-state index in [4.69, 9.17) is 4.74 Å². The summed E-state index contributed by atoms with van der Waals surface area (Å²) in [5.74, 6) is 1.51. The standard InChI is InChI=1S/C20H26N2O2/c1-19(2)13-7-8-20(3,11-13)18(19)22-17(23)16-9-12-5-6-14(24-4)10-15(12)21-16/h5-6,9-10,13,18,21H,7-8,11H2,1-4H3,(H,22,23)/t13?,18?,20-/m1/s1. The van der Waals surface area contributed by atoms with Crippen LogP contribution in [-0.2, 0) is 0 Å². The second-order valence-corrected chi connectivity index (χ2v) is 8.46. The number of ether oxygens (including phenoxy) is 1. The smallest absolute Gasteiger partial charge is 0.267 e. The molecule has 0 saturated heterocycles. The first-order chi connectivity index (χ1) is 11.3. The van der Waals surface area contributed by atoms with Gasteiger partial charge in [0.05, 0.1) is 7.11 Å². The Hall–Kier alpha value is -1.97. The van der Waals surface area contributed by atoms with Gasteiger partial charge in [-0.25, -0.2) is 0 Å². The Bertz CT molecular complexity index is 802. The number of aromatic amines is 1. The Morgan fingerprint density at radius 1 is 1.29 bits per heavy atom. The van der Waals surface area contributed by atoms with Crippen molar-refractivity contribution in [1.29, 1.82) is 0 Å². The fourth-order valence-corrected chi connectivity index (χ4v) is 5.23. The Balaban J connectivity index is 1.60. The molecule has 2 saturated carbocycles. The molecule has 1 heterocycles. The minimum absolute atomic E-state index is 0.00276. The summed E-state index contributed by atoms with van der Waals surface area (Å²) in [5.41, 5.74) is 1.95. The van der Waals surface area contributed by atoms with E-state index in [1.54, 1.807) is 7.11 Å². The molecule has 2 aliphatic carbocycles. The summed E-state index contributed by atoms with van der Waals surface area (Å²) in [6.45, 7) is 6.95. The molecule has 0 aliphatic heterocycles. The third kappa shape index (κ3) is 2.15. The van der Waals surface area contributed by atoms with E-state index in [2.05, 4.69) is 31.1 Å². The Kier molecular flexibility index (Phi) is 3.25. The summed E-state index contributed by atoms with van der Waals surface area (Å²) in [7, 11) is 1.65. The molecular weight excluding hydrogens is 300 g/mol. The van der Waals surface area contributed by atoms with Crippen molar-refractivity contribution in [2.75, 3.05) is 7.11 Å². The minimum atomic E-state index is -0.00276. The van der Waals surface area contributed by atoms with Crippen LogP contribution in [0.2, 0.25) is 0 Å². The Labute approximate surface area is 143 Å². The highest BCUT2D eigenvalue weighted by Crippen LogP contribution is 2.62. The topological polar surface area (TPSA) is 54.1 Å². The quantitative estimate of drug-likeness (QED) is 0.891. The highest BCUT2D eigenvalue weighted by atomic mass is 16.5. The van der Waals surface area contributed by atoms with Gasteiger partial charge < -0.3 is 15.0 Å². The first-order valence-electron chi connectivity index (χ1n) is 8.81. The van der Waals surface area contributed by atoms with E-state index >= 15 is 0 Å². The van der Waals surface area contributed by atoms with Crippen LogP contribution in [0.25, 0.3) is 10.9 Å². The first-order valence-corrected chi connectivity index (χ1v) is 8.81. The summed E-state index contributed by atoms with van der Waals surface area (Å²) in [6, 6.07) is 7.97. The van der Waals surface area contributed by atoms with E-state index in [1.807, 2.05) is 24.3 Å². The van der Waals surface area contributed by atoms with Crippen LogP contribution in [0.15, 0.2) is 24.3 Å². The SMILES string of the molecule is COc1ccc2cc(C(=O)NC3C(C)(C)C4CC[C@]3(C)C4)[nH]c2c1. The van der Waals surface area contributed by atoms with Gasteiger partial charge in [-0.1, -0.05) is 20.8 Å². The second-order valence-electron chi connectivity index (χ2n) is 8.46. The predicted octanol–water partition coefficient (Wildman–Crippen LogP) is 4.12. The molecule has 1 aromatic carbocycles. The lowest BCUT2D eigenvalue weighted by molar-refractivity contribution is 0.0734. The fraction of sp³-hybridized carbons (Fsp3) is 0.550. The van der Waals surface area contributed by atoms with Crippen molar-refractivity contribution in [3.8, 4) is 5.75 Å². The summed E-state index contributed by atoms with van der Waals surface area (Å²) in [4.78, 5) is 16.1. The number of fused-ring (bicyclic) bond motifs is 3. The Morgan fingerprint density at radius 2 is 2.08 bits per heavy atom. The van der Waals surface area contributed by atoms with Crippen LogP contribution >= 0.6 is 0 Å². The van der Waals surface area contributed by atoms with Gasteiger partial charge in [-0.15, -0.1) is 0 Å². The van der Waals surface area contributed by atoms with E-state index in [0.29, 0.717) is 5.69 Å². The van der Waals surface area contributed by atoms with Gasteiger partial charge >= 0.3 is 0 Å². The van der Waals surface area contributed by atoms with E-state index < -0.39 is 0 Å². The van der Waals surface area contributed by atoms with Crippen molar-refractivity contribution in [1.82, 2.24) is 10.3 Å². The number of H-pyrrole nitrogens is 1. The molecule has 0 spiro atoms. The molecule has 1 aromatic heterocycles. The van der Waals surface area contributed by atoms with Gasteiger partial charge in [0.15, 0.2) is 0 Å². The summed E-state index contributed by atoms with van der Waals surface area (Å²) < 4.78 is 5.25. The lowest BCUT2D eigenvalue weighted by Gasteiger charge is -2.43. The normalized spacial score (nSPS) is 30.7. The van der Waals surface area contributed by atoms with Crippen molar-refractivity contribution >= 4 is 16.8 Å². The summed E-state index contributed by atoms with van der Waals surface area (Å²) >= 11 is 0. The maximum atomic E-state index is 12.9. The van der Waals surface area contributed by atoms with Crippen LogP contribution in [0.3, 0.4) is 0 Å². The number of benzene rings is 1. The number of hydrogen-bond donors (Lipinski definition) is 2. The molecule has 2 unspecified atom stereocenters. The molecule has 128 valence electrons. The molecule has 2 aliphatic rings. The molecule has 24 heavy (non-hydrogen) atoms. The van der Waals surface area contributed by atoms with Crippen LogP contribution in [-0.4, -0.2) is 24.0 Å². The maximum Gasteiger partial charge on any atom is 0.267 e. The lowest BCUT2D eigenvalue weighted by Crippen LogP contribution is -2.52. The molecule has 2 fully saturated rings. The molecule has 1 amide bonds. The van der Waals surface area contributed by atoms with Crippen molar-refractivity contribution in [3.05, 3.63) is 30.0 Å². The molecule has 4 heteroatoms. The molecule has 4 rings (SSSR count). The zero-order valence-electron chi connectivity index (χ0n) is 14.9. The van der Waals surface area contributed by atoms with Crippen molar-refractivity contribution < 1.29 is 9.53 Å². The number of carbonyl (C=O) groups is 1. The molecule has 3 atom stereocenters. The zero-order valence-corrected chi connectivity index (χ0v) is 14.9. The van der Waals surface area contributed by atoms with Crippen molar-refractivity contribution in [2.24, 2.45) is 16.7 Å². The van der Waals surface area contributed by atoms with Crippen LogP contribution in [0.5, 0.6) is 5.75 Å². The highest BCUT2D eigenvalue weighted by molar-refractivity contribution is 5.98. The largest absolute Gasteiger partial charge is 0.497 e. The number of amides is 1. The average Bonchev–Trinajstić information content (AvgIpc) is 3.19. The van der Waals surface area contributed by atoms with Crippen LogP contribution < -0.4 is 10.1 Å². The van der Waals surface area contributed by atoms with Gasteiger partial charge in [0.2, 0.25) is 0 Å². The second kappa shape index (κ2) is 5.01. The van der Waals surface area contributed by atoms with E-state index in [0.717, 1.165) is 22.6 Å². The number of rotatable bonds is 3. The molecule has 0 radical (unpaired) electrons. The van der Waals surface area contributed by atoms with E-state index in [1.165, 1.54) is 19.3 Å². The zero-order chi connectivity index (χ0) is 17.1. The van der Waals surface area contributed by atoms with Gasteiger partial charge in [-0.3, -0.25) is 4.79 Å². The third-order valence-corrected chi connectivity index (χ3v) is 6.62. The summed E-state index contributed by atoms with van der Waals surface area (Å²) in [6.07, 6.45) is 3.74. The highest BCUT2D eigenvalue weighted by Gasteiger charge is 2.59. The molecule has 4 nitrogen and oxygen atoms in total. The number of aromatic nitrogens is 1. The van der Waals surface area contributed by atoms with Crippen molar-refractivity contribution in [3.63, 3.8) is 0 Å². The molecule has 2 bridgehead atoms. The van der Waals surface area contributed by atoms with E-state index in [-0.39, 0.29) is 22.8 Å². The summed E-state index contributed by atoms with van der Waals surface area (Å²) in [5, 5.41) is 4.37. The minimum Gasteiger partial charge on any atom is -0.497 e. The Morgan fingerprint density at radius 3 is 2.75 bits per heavy atom.